The van der Waals surface area contributed by atoms with Gasteiger partial charge < -0.3 is 14.8 Å². The van der Waals surface area contributed by atoms with Crippen LogP contribution in [0.15, 0.2) is 51.3 Å². The van der Waals surface area contributed by atoms with Gasteiger partial charge in [0.25, 0.3) is 5.91 Å². The van der Waals surface area contributed by atoms with Crippen LogP contribution in [-0.2, 0) is 4.79 Å². The van der Waals surface area contributed by atoms with E-state index in [2.05, 4.69) is 36.8 Å². The van der Waals surface area contributed by atoms with Gasteiger partial charge in [-0.25, -0.2) is 0 Å². The van der Waals surface area contributed by atoms with Gasteiger partial charge in [-0.2, -0.15) is 0 Å². The first kappa shape index (κ1) is 24.0. The van der Waals surface area contributed by atoms with E-state index in [4.69, 9.17) is 9.47 Å². The van der Waals surface area contributed by atoms with Crippen molar-refractivity contribution in [2.75, 3.05) is 29.6 Å². The lowest BCUT2D eigenvalue weighted by molar-refractivity contribution is -0.113. The van der Waals surface area contributed by atoms with Crippen molar-refractivity contribution < 1.29 is 19.1 Å². The number of rotatable bonds is 10. The highest BCUT2D eigenvalue weighted by Crippen LogP contribution is 2.30. The van der Waals surface area contributed by atoms with E-state index in [1.54, 1.807) is 18.2 Å². The summed E-state index contributed by atoms with van der Waals surface area (Å²) in [5, 5.41) is 13.9. The average molecular weight is 537 g/mol. The van der Waals surface area contributed by atoms with Crippen LogP contribution in [0.3, 0.4) is 0 Å². The minimum atomic E-state index is -0.338. The van der Waals surface area contributed by atoms with Gasteiger partial charge in [-0.15, -0.1) is 10.2 Å². The van der Waals surface area contributed by atoms with Crippen LogP contribution in [0.4, 0.5) is 10.8 Å². The number of carbonyl (C=O) groups excluding carboxylic acids is 2. The third-order valence-corrected chi connectivity index (χ3v) is 6.39. The number of carbonyl (C=O) groups is 2. The Morgan fingerprint density at radius 3 is 2.44 bits per heavy atom. The maximum Gasteiger partial charge on any atom is 0.257 e. The second kappa shape index (κ2) is 11.8. The number of hydrogen-bond donors (Lipinski definition) is 2. The molecular weight excluding hydrogens is 516 g/mol. The van der Waals surface area contributed by atoms with E-state index in [0.29, 0.717) is 45.4 Å². The molecule has 0 aliphatic carbocycles. The number of nitrogens with zero attached hydrogens (tertiary/aromatic N) is 2. The molecule has 8 nitrogen and oxygen atoms in total. The lowest BCUT2D eigenvalue weighted by Gasteiger charge is -2.12. The van der Waals surface area contributed by atoms with E-state index >= 15 is 0 Å². The summed E-state index contributed by atoms with van der Waals surface area (Å²) < 4.78 is 12.6. The predicted octanol–water partition coefficient (Wildman–Crippen LogP) is 5.08. The van der Waals surface area contributed by atoms with Gasteiger partial charge in [-0.3, -0.25) is 14.9 Å². The topological polar surface area (TPSA) is 102 Å². The molecule has 1 heterocycles. The van der Waals surface area contributed by atoms with Crippen LogP contribution in [0.5, 0.6) is 11.5 Å². The first-order chi connectivity index (χ1) is 15.5. The normalized spacial score (nSPS) is 10.5. The van der Waals surface area contributed by atoms with Crippen molar-refractivity contribution >= 4 is 61.7 Å². The number of amides is 2. The summed E-state index contributed by atoms with van der Waals surface area (Å²) in [5.41, 5.74) is 1.13. The fourth-order valence-corrected chi connectivity index (χ4v) is 4.35. The summed E-state index contributed by atoms with van der Waals surface area (Å²) in [6.07, 6.45) is 0. The SMILES string of the molecule is CCOc1ccc(C(=O)Nc2nnc(SCC(=O)Nc3ccc(Br)cc3)s2)cc1OCC. The lowest BCUT2D eigenvalue weighted by Crippen LogP contribution is -2.13. The number of ether oxygens (including phenoxy) is 2. The molecule has 2 N–H and O–H groups in total. The van der Waals surface area contributed by atoms with Crippen molar-refractivity contribution in [2.45, 2.75) is 18.2 Å². The molecule has 0 saturated heterocycles. The van der Waals surface area contributed by atoms with Gasteiger partial charge in [0, 0.05) is 15.7 Å². The van der Waals surface area contributed by atoms with Crippen LogP contribution in [-0.4, -0.2) is 41.0 Å². The van der Waals surface area contributed by atoms with Gasteiger partial charge >= 0.3 is 0 Å². The number of aromatic nitrogens is 2. The summed E-state index contributed by atoms with van der Waals surface area (Å²) in [4.78, 5) is 24.7. The quantitative estimate of drug-likeness (QED) is 0.275. The molecule has 11 heteroatoms. The Balaban J connectivity index is 1.55. The van der Waals surface area contributed by atoms with E-state index in [1.807, 2.05) is 38.1 Å². The van der Waals surface area contributed by atoms with Crippen molar-refractivity contribution in [1.29, 1.82) is 0 Å². The molecule has 0 unspecified atom stereocenters. The van der Waals surface area contributed by atoms with Crippen LogP contribution in [0.1, 0.15) is 24.2 Å². The summed E-state index contributed by atoms with van der Waals surface area (Å²) in [6, 6.07) is 12.3. The Hall–Kier alpha value is -2.63. The van der Waals surface area contributed by atoms with E-state index in [-0.39, 0.29) is 17.6 Å². The molecule has 0 spiro atoms. The van der Waals surface area contributed by atoms with Gasteiger partial charge in [-0.1, -0.05) is 39.0 Å². The number of hydrogen-bond acceptors (Lipinski definition) is 8. The van der Waals surface area contributed by atoms with Gasteiger partial charge in [0.2, 0.25) is 11.0 Å². The lowest BCUT2D eigenvalue weighted by atomic mass is 10.2. The highest BCUT2D eigenvalue weighted by Gasteiger charge is 2.15. The summed E-state index contributed by atoms with van der Waals surface area (Å²) in [6.45, 7) is 4.70. The third-order valence-electron chi connectivity index (χ3n) is 3.89. The van der Waals surface area contributed by atoms with Crippen molar-refractivity contribution in [1.82, 2.24) is 10.2 Å². The predicted molar refractivity (Wildman–Crippen MR) is 130 cm³/mol. The Kier molecular flexibility index (Phi) is 8.89. The smallest absolute Gasteiger partial charge is 0.257 e. The molecule has 3 aromatic rings. The van der Waals surface area contributed by atoms with Crippen molar-refractivity contribution in [3.63, 3.8) is 0 Å². The second-order valence-corrected chi connectivity index (χ2v) is 9.31. The number of halogens is 1. The number of anilines is 2. The van der Waals surface area contributed by atoms with Crippen LogP contribution >= 0.6 is 39.0 Å². The molecule has 1 aromatic heterocycles. The van der Waals surface area contributed by atoms with Gasteiger partial charge in [0.1, 0.15) is 0 Å². The molecule has 2 aromatic carbocycles. The Labute approximate surface area is 202 Å². The minimum Gasteiger partial charge on any atom is -0.490 e. The minimum absolute atomic E-state index is 0.157. The molecule has 2 amide bonds. The fraction of sp³-hybridized carbons (Fsp3) is 0.238. The molecule has 32 heavy (non-hydrogen) atoms. The number of benzene rings is 2. The molecular formula is C21H21BrN4O4S2. The maximum atomic E-state index is 12.6. The average Bonchev–Trinajstić information content (AvgIpc) is 3.22. The van der Waals surface area contributed by atoms with Crippen LogP contribution < -0.4 is 20.1 Å². The van der Waals surface area contributed by atoms with Gasteiger partial charge in [-0.05, 0) is 56.3 Å². The fourth-order valence-electron chi connectivity index (χ4n) is 2.54. The zero-order chi connectivity index (χ0) is 22.9. The second-order valence-electron chi connectivity index (χ2n) is 6.20. The van der Waals surface area contributed by atoms with Gasteiger partial charge in [0.15, 0.2) is 15.8 Å². The van der Waals surface area contributed by atoms with Crippen LogP contribution in [0.25, 0.3) is 0 Å². The molecule has 0 fully saturated rings. The van der Waals surface area contributed by atoms with E-state index < -0.39 is 0 Å². The molecule has 168 valence electrons. The van der Waals surface area contributed by atoms with Crippen molar-refractivity contribution in [2.24, 2.45) is 0 Å². The zero-order valence-corrected chi connectivity index (χ0v) is 20.6. The largest absolute Gasteiger partial charge is 0.490 e. The van der Waals surface area contributed by atoms with Crippen LogP contribution in [0, 0.1) is 0 Å². The highest BCUT2D eigenvalue weighted by molar-refractivity contribution is 9.10. The Bertz CT molecular complexity index is 1080. The van der Waals surface area contributed by atoms with Crippen LogP contribution in [0.2, 0.25) is 0 Å². The molecule has 0 aliphatic heterocycles. The van der Waals surface area contributed by atoms with E-state index in [9.17, 15) is 9.59 Å². The summed E-state index contributed by atoms with van der Waals surface area (Å²) in [7, 11) is 0. The monoisotopic (exact) mass is 536 g/mol. The molecule has 0 saturated carbocycles. The van der Waals surface area contributed by atoms with Gasteiger partial charge in [0.05, 0.1) is 19.0 Å². The van der Waals surface area contributed by atoms with E-state index in [1.165, 1.54) is 23.1 Å². The third kappa shape index (κ3) is 6.94. The first-order valence-corrected chi connectivity index (χ1v) is 12.3. The molecule has 0 atom stereocenters. The Morgan fingerprint density at radius 1 is 1.00 bits per heavy atom. The summed E-state index contributed by atoms with van der Waals surface area (Å²) in [5.74, 6) is 0.773. The first-order valence-electron chi connectivity index (χ1n) is 9.71. The maximum absolute atomic E-state index is 12.6. The molecule has 3 rings (SSSR count). The Morgan fingerprint density at radius 2 is 1.72 bits per heavy atom. The number of thioether (sulfide) groups is 1. The highest BCUT2D eigenvalue weighted by atomic mass is 79.9. The molecule has 0 bridgehead atoms. The molecule has 0 radical (unpaired) electrons. The zero-order valence-electron chi connectivity index (χ0n) is 17.4. The van der Waals surface area contributed by atoms with Crippen molar-refractivity contribution in [3.05, 3.63) is 52.5 Å². The van der Waals surface area contributed by atoms with Crippen molar-refractivity contribution in [3.8, 4) is 11.5 Å². The molecule has 0 aliphatic rings. The standard InChI is InChI=1S/C21H21BrN4O4S2/c1-3-29-16-10-5-13(11-17(16)30-4-2)19(28)24-20-25-26-21(32-20)31-12-18(27)23-15-8-6-14(22)7-9-15/h5-11H,3-4,12H2,1-2H3,(H,23,27)(H,24,25,28). The summed E-state index contributed by atoms with van der Waals surface area (Å²) >= 11 is 5.80. The number of nitrogens with one attached hydrogen (secondary N) is 2. The van der Waals surface area contributed by atoms with E-state index in [0.717, 1.165) is 4.47 Å².